The molecule has 0 heterocycles. The SMILES string of the molecule is CC#CCOC(C#CC)OS(=O)(=O)CCC. The van der Waals surface area contributed by atoms with E-state index in [4.69, 9.17) is 8.92 Å². The van der Waals surface area contributed by atoms with Crippen LogP contribution >= 0.6 is 0 Å². The lowest BCUT2D eigenvalue weighted by Gasteiger charge is -2.10. The summed E-state index contributed by atoms with van der Waals surface area (Å²) in [6, 6.07) is 0. The molecule has 1 atom stereocenters. The highest BCUT2D eigenvalue weighted by molar-refractivity contribution is 7.86. The Bertz CT molecular complexity index is 403. The van der Waals surface area contributed by atoms with Gasteiger partial charge in [0.1, 0.15) is 6.61 Å². The third kappa shape index (κ3) is 7.30. The first-order valence-electron chi connectivity index (χ1n) is 4.90. The van der Waals surface area contributed by atoms with E-state index in [9.17, 15) is 8.42 Å². The van der Waals surface area contributed by atoms with Gasteiger partial charge >= 0.3 is 0 Å². The maximum atomic E-state index is 11.3. The Hall–Kier alpha value is -1.01. The van der Waals surface area contributed by atoms with Crippen LogP contribution in [0, 0.1) is 23.7 Å². The number of hydrogen-bond acceptors (Lipinski definition) is 4. The van der Waals surface area contributed by atoms with E-state index in [1.54, 1.807) is 20.8 Å². The molecule has 0 aliphatic rings. The predicted molar refractivity (Wildman–Crippen MR) is 61.8 cm³/mol. The van der Waals surface area contributed by atoms with Crippen molar-refractivity contribution >= 4 is 10.1 Å². The molecule has 90 valence electrons. The normalized spacial score (nSPS) is 11.9. The fourth-order valence-corrected chi connectivity index (χ4v) is 1.80. The van der Waals surface area contributed by atoms with Crippen LogP contribution in [-0.2, 0) is 19.0 Å². The number of hydrogen-bond donors (Lipinski definition) is 0. The van der Waals surface area contributed by atoms with E-state index in [0.29, 0.717) is 6.42 Å². The van der Waals surface area contributed by atoms with Crippen LogP contribution in [0.4, 0.5) is 0 Å². The molecule has 0 spiro atoms. The van der Waals surface area contributed by atoms with E-state index in [-0.39, 0.29) is 12.4 Å². The fourth-order valence-electron chi connectivity index (χ4n) is 0.832. The van der Waals surface area contributed by atoms with Crippen molar-refractivity contribution in [2.24, 2.45) is 0 Å². The second-order valence-corrected chi connectivity index (χ2v) is 4.54. The minimum absolute atomic E-state index is 0.0439. The molecular formula is C11H16O4S. The second kappa shape index (κ2) is 8.18. The molecule has 0 bridgehead atoms. The zero-order valence-electron chi connectivity index (χ0n) is 9.74. The zero-order chi connectivity index (χ0) is 12.4. The molecule has 0 N–H and O–H groups in total. The van der Waals surface area contributed by atoms with Crippen LogP contribution in [0.15, 0.2) is 0 Å². The molecule has 0 aliphatic carbocycles. The monoisotopic (exact) mass is 244 g/mol. The molecule has 5 heteroatoms. The molecule has 0 aromatic carbocycles. The maximum Gasteiger partial charge on any atom is 0.270 e. The van der Waals surface area contributed by atoms with Gasteiger partial charge in [0.2, 0.25) is 6.29 Å². The van der Waals surface area contributed by atoms with Gasteiger partial charge in [-0.15, -0.1) is 11.8 Å². The molecule has 4 nitrogen and oxygen atoms in total. The number of rotatable bonds is 6. The Morgan fingerprint density at radius 2 is 1.94 bits per heavy atom. The first kappa shape index (κ1) is 15.0. The van der Waals surface area contributed by atoms with E-state index in [1.165, 1.54) is 0 Å². The summed E-state index contributed by atoms with van der Waals surface area (Å²) in [4.78, 5) is 0. The average Bonchev–Trinajstić information content (AvgIpc) is 2.17. The molecule has 0 saturated heterocycles. The van der Waals surface area contributed by atoms with Crippen LogP contribution in [0.25, 0.3) is 0 Å². The third-order valence-electron chi connectivity index (χ3n) is 1.43. The maximum absolute atomic E-state index is 11.3. The molecule has 0 fully saturated rings. The van der Waals surface area contributed by atoms with Crippen LogP contribution in [-0.4, -0.2) is 27.1 Å². The predicted octanol–water partition coefficient (Wildman–Crippen LogP) is 1.13. The van der Waals surface area contributed by atoms with Gasteiger partial charge in [0.15, 0.2) is 0 Å². The molecule has 0 aliphatic heterocycles. The van der Waals surface area contributed by atoms with Gasteiger partial charge in [0.05, 0.1) is 5.75 Å². The van der Waals surface area contributed by atoms with Gasteiger partial charge < -0.3 is 4.74 Å². The first-order chi connectivity index (χ1) is 7.55. The van der Waals surface area contributed by atoms with Crippen molar-refractivity contribution in [1.82, 2.24) is 0 Å². The van der Waals surface area contributed by atoms with Crippen LogP contribution in [0.5, 0.6) is 0 Å². The van der Waals surface area contributed by atoms with E-state index in [1.807, 2.05) is 0 Å². The Kier molecular flexibility index (Phi) is 7.66. The highest BCUT2D eigenvalue weighted by atomic mass is 32.2. The molecule has 0 aromatic heterocycles. The van der Waals surface area contributed by atoms with Gasteiger partial charge in [0, 0.05) is 0 Å². The van der Waals surface area contributed by atoms with E-state index >= 15 is 0 Å². The zero-order valence-corrected chi connectivity index (χ0v) is 10.6. The summed E-state index contributed by atoms with van der Waals surface area (Å²) in [5.74, 6) is 10.3. The van der Waals surface area contributed by atoms with Gasteiger partial charge in [-0.3, -0.25) is 0 Å². The molecule has 0 rings (SSSR count). The van der Waals surface area contributed by atoms with Crippen molar-refractivity contribution in [1.29, 1.82) is 0 Å². The summed E-state index contributed by atoms with van der Waals surface area (Å²) >= 11 is 0. The highest BCUT2D eigenvalue weighted by Gasteiger charge is 2.17. The fraction of sp³-hybridized carbons (Fsp3) is 0.636. The lowest BCUT2D eigenvalue weighted by Crippen LogP contribution is -2.22. The second-order valence-electron chi connectivity index (χ2n) is 2.82. The van der Waals surface area contributed by atoms with E-state index < -0.39 is 16.4 Å². The quantitative estimate of drug-likeness (QED) is 0.399. The average molecular weight is 244 g/mol. The van der Waals surface area contributed by atoms with Gasteiger partial charge in [0.25, 0.3) is 10.1 Å². The third-order valence-corrected chi connectivity index (χ3v) is 2.81. The highest BCUT2D eigenvalue weighted by Crippen LogP contribution is 2.03. The van der Waals surface area contributed by atoms with Gasteiger partial charge in [-0.25, -0.2) is 4.18 Å². The Balaban J connectivity index is 4.40. The minimum atomic E-state index is -3.57. The Labute approximate surface area is 97.4 Å². The van der Waals surface area contributed by atoms with Crippen LogP contribution in [0.2, 0.25) is 0 Å². The first-order valence-corrected chi connectivity index (χ1v) is 6.48. The van der Waals surface area contributed by atoms with Crippen molar-refractivity contribution in [3.8, 4) is 23.7 Å². The Morgan fingerprint density at radius 1 is 1.25 bits per heavy atom. The van der Waals surface area contributed by atoms with Crippen molar-refractivity contribution in [3.05, 3.63) is 0 Å². The van der Waals surface area contributed by atoms with Gasteiger partial charge in [-0.1, -0.05) is 12.8 Å². The molecule has 0 saturated carbocycles. The molecule has 16 heavy (non-hydrogen) atoms. The minimum Gasteiger partial charge on any atom is -0.328 e. The summed E-state index contributed by atoms with van der Waals surface area (Å²) in [6.07, 6.45) is -0.578. The van der Waals surface area contributed by atoms with Crippen LogP contribution < -0.4 is 0 Å². The molecule has 0 radical (unpaired) electrons. The summed E-state index contributed by atoms with van der Waals surface area (Å²) in [7, 11) is -3.57. The van der Waals surface area contributed by atoms with Crippen LogP contribution in [0.3, 0.4) is 0 Å². The summed E-state index contributed by atoms with van der Waals surface area (Å²) in [5, 5.41) is 0. The van der Waals surface area contributed by atoms with Crippen molar-refractivity contribution in [2.75, 3.05) is 12.4 Å². The van der Waals surface area contributed by atoms with Gasteiger partial charge in [-0.05, 0) is 26.2 Å². The smallest absolute Gasteiger partial charge is 0.270 e. The van der Waals surface area contributed by atoms with E-state index in [0.717, 1.165) is 0 Å². The molecule has 0 amide bonds. The number of ether oxygens (including phenoxy) is 1. The summed E-state index contributed by atoms with van der Waals surface area (Å²) < 4.78 is 32.5. The van der Waals surface area contributed by atoms with Crippen molar-refractivity contribution in [2.45, 2.75) is 33.5 Å². The molecule has 0 aromatic rings. The molecule has 1 unspecified atom stereocenters. The molecular weight excluding hydrogens is 228 g/mol. The van der Waals surface area contributed by atoms with Gasteiger partial charge in [-0.2, -0.15) is 8.42 Å². The topological polar surface area (TPSA) is 52.6 Å². The standard InChI is InChI=1S/C11H16O4S/c1-4-7-9-14-11(8-5-2)15-16(12,13)10-6-3/h11H,6,9-10H2,1-3H3. The summed E-state index contributed by atoms with van der Waals surface area (Å²) in [5.41, 5.74) is 0. The van der Waals surface area contributed by atoms with Crippen molar-refractivity contribution in [3.63, 3.8) is 0 Å². The summed E-state index contributed by atoms with van der Waals surface area (Å²) in [6.45, 7) is 5.10. The lowest BCUT2D eigenvalue weighted by molar-refractivity contribution is -0.0193. The van der Waals surface area contributed by atoms with Crippen LogP contribution in [0.1, 0.15) is 27.2 Å². The van der Waals surface area contributed by atoms with E-state index in [2.05, 4.69) is 23.7 Å². The van der Waals surface area contributed by atoms with Crippen molar-refractivity contribution < 1.29 is 17.3 Å². The lowest BCUT2D eigenvalue weighted by atomic mass is 10.6. The largest absolute Gasteiger partial charge is 0.328 e. The Morgan fingerprint density at radius 3 is 2.44 bits per heavy atom.